The van der Waals surface area contributed by atoms with E-state index >= 15 is 0 Å². The van der Waals surface area contributed by atoms with Crippen LogP contribution in [0.3, 0.4) is 0 Å². The van der Waals surface area contributed by atoms with Crippen LogP contribution in [0.4, 0.5) is 4.79 Å². The van der Waals surface area contributed by atoms with Crippen LogP contribution < -0.4 is 16.0 Å². The number of guanidine groups is 1. The summed E-state index contributed by atoms with van der Waals surface area (Å²) in [6, 6.07) is -0.120. The Morgan fingerprint density at radius 2 is 1.90 bits per heavy atom. The Hall–Kier alpha value is -1.26. The Labute approximate surface area is 205 Å². The van der Waals surface area contributed by atoms with E-state index in [0.29, 0.717) is 13.0 Å². The molecule has 0 aromatic heterocycles. The summed E-state index contributed by atoms with van der Waals surface area (Å²) in [5.41, 5.74) is -0.528. The van der Waals surface area contributed by atoms with Crippen molar-refractivity contribution in [3.8, 4) is 0 Å². The molecule has 0 aromatic carbocycles. The third-order valence-corrected chi connectivity index (χ3v) is 4.87. The van der Waals surface area contributed by atoms with Crippen molar-refractivity contribution in [3.05, 3.63) is 0 Å². The van der Waals surface area contributed by atoms with Gasteiger partial charge in [0, 0.05) is 32.6 Å². The van der Waals surface area contributed by atoms with E-state index < -0.39 is 11.7 Å². The fraction of sp³-hybridized carbons (Fsp3) is 0.864. The van der Waals surface area contributed by atoms with Crippen LogP contribution in [0.1, 0.15) is 73.6 Å². The van der Waals surface area contributed by atoms with Gasteiger partial charge in [-0.2, -0.15) is 0 Å². The van der Waals surface area contributed by atoms with Gasteiger partial charge in [0.25, 0.3) is 0 Å². The van der Waals surface area contributed by atoms with E-state index in [0.717, 1.165) is 57.8 Å². The molecule has 1 rings (SSSR count). The number of hydrogen-bond donors (Lipinski definition) is 3. The van der Waals surface area contributed by atoms with Crippen LogP contribution in [0.25, 0.3) is 0 Å². The van der Waals surface area contributed by atoms with E-state index in [1.54, 1.807) is 0 Å². The first-order valence-electron chi connectivity index (χ1n) is 11.4. The molecule has 0 aliphatic carbocycles. The van der Waals surface area contributed by atoms with Gasteiger partial charge in [-0.15, -0.1) is 24.0 Å². The highest BCUT2D eigenvalue weighted by atomic mass is 127. The Bertz CT molecular complexity index is 564. The lowest BCUT2D eigenvalue weighted by Gasteiger charge is -2.25. The average Bonchev–Trinajstić information content (AvgIpc) is 2.84. The fourth-order valence-electron chi connectivity index (χ4n) is 3.17. The van der Waals surface area contributed by atoms with Gasteiger partial charge in [-0.3, -0.25) is 9.79 Å². The second-order valence-corrected chi connectivity index (χ2v) is 9.19. The number of aliphatic imine (C=N–C) groups is 1. The van der Waals surface area contributed by atoms with Gasteiger partial charge in [0.15, 0.2) is 5.96 Å². The monoisotopic (exact) mass is 553 g/mol. The molecule has 0 spiro atoms. The van der Waals surface area contributed by atoms with Crippen LogP contribution in [0.15, 0.2) is 4.99 Å². The molecule has 2 amide bonds. The van der Waals surface area contributed by atoms with Gasteiger partial charge in [-0.05, 0) is 52.9 Å². The molecular weight excluding hydrogens is 509 g/mol. The summed E-state index contributed by atoms with van der Waals surface area (Å²) < 4.78 is 5.37. The van der Waals surface area contributed by atoms with Crippen molar-refractivity contribution in [1.82, 2.24) is 20.9 Å². The molecule has 1 fully saturated rings. The van der Waals surface area contributed by atoms with Crippen LogP contribution in [-0.2, 0) is 9.53 Å². The normalized spacial score (nSPS) is 16.3. The van der Waals surface area contributed by atoms with Gasteiger partial charge in [0.1, 0.15) is 5.60 Å². The number of rotatable bonds is 9. The number of halogens is 1. The minimum atomic E-state index is -0.528. The number of hydrogen-bond acceptors (Lipinski definition) is 4. The first-order chi connectivity index (χ1) is 14.1. The number of nitrogens with zero attached hydrogens (tertiary/aromatic N) is 2. The highest BCUT2D eigenvalue weighted by Crippen LogP contribution is 2.11. The lowest BCUT2D eigenvalue weighted by molar-refractivity contribution is -0.130. The SMILES string of the molecule is CCNC(=NCC(NC(=O)OC(C)(C)C)C(C)C)NCCCN1CCCCCC1=O.I. The van der Waals surface area contributed by atoms with Crippen LogP contribution >= 0.6 is 24.0 Å². The third kappa shape index (κ3) is 13.7. The summed E-state index contributed by atoms with van der Waals surface area (Å²) >= 11 is 0. The van der Waals surface area contributed by atoms with Crippen molar-refractivity contribution in [1.29, 1.82) is 0 Å². The number of likely N-dealkylation sites (tertiary alicyclic amines) is 1. The van der Waals surface area contributed by atoms with E-state index in [1.165, 1.54) is 0 Å². The first-order valence-corrected chi connectivity index (χ1v) is 11.4. The van der Waals surface area contributed by atoms with Crippen molar-refractivity contribution in [3.63, 3.8) is 0 Å². The maximum absolute atomic E-state index is 12.1. The molecule has 1 atom stereocenters. The topological polar surface area (TPSA) is 95.1 Å². The molecule has 1 aliphatic heterocycles. The van der Waals surface area contributed by atoms with Gasteiger partial charge >= 0.3 is 6.09 Å². The minimum absolute atomic E-state index is 0. The lowest BCUT2D eigenvalue weighted by atomic mass is 10.1. The number of nitrogens with one attached hydrogen (secondary N) is 3. The Morgan fingerprint density at radius 1 is 1.19 bits per heavy atom. The Balaban J connectivity index is 0.00000900. The highest BCUT2D eigenvalue weighted by molar-refractivity contribution is 14.0. The lowest BCUT2D eigenvalue weighted by Crippen LogP contribution is -2.45. The number of amides is 2. The molecule has 1 heterocycles. The summed E-state index contributed by atoms with van der Waals surface area (Å²) in [4.78, 5) is 30.8. The molecule has 1 unspecified atom stereocenters. The quantitative estimate of drug-likeness (QED) is 0.176. The van der Waals surface area contributed by atoms with Crippen LogP contribution in [0.5, 0.6) is 0 Å². The molecule has 1 saturated heterocycles. The number of ether oxygens (including phenoxy) is 1. The molecule has 0 bridgehead atoms. The molecule has 1 aliphatic rings. The average molecular weight is 554 g/mol. The minimum Gasteiger partial charge on any atom is -0.444 e. The zero-order valence-electron chi connectivity index (χ0n) is 20.3. The van der Waals surface area contributed by atoms with Crippen LogP contribution in [0, 0.1) is 5.92 Å². The molecule has 3 N–H and O–H groups in total. The third-order valence-electron chi connectivity index (χ3n) is 4.87. The molecule has 182 valence electrons. The summed E-state index contributed by atoms with van der Waals surface area (Å²) in [5, 5.41) is 9.50. The second kappa shape index (κ2) is 15.5. The number of alkyl carbamates (subject to hydrolysis) is 1. The molecule has 31 heavy (non-hydrogen) atoms. The number of carbonyl (C=O) groups excluding carboxylic acids is 2. The van der Waals surface area contributed by atoms with E-state index in [-0.39, 0.29) is 41.8 Å². The van der Waals surface area contributed by atoms with Crippen molar-refractivity contribution < 1.29 is 14.3 Å². The van der Waals surface area contributed by atoms with E-state index in [1.807, 2.05) is 32.6 Å². The summed E-state index contributed by atoms with van der Waals surface area (Å²) in [6.45, 7) is 15.3. The summed E-state index contributed by atoms with van der Waals surface area (Å²) in [7, 11) is 0. The predicted molar refractivity (Wildman–Crippen MR) is 137 cm³/mol. The molecule has 9 heteroatoms. The van der Waals surface area contributed by atoms with E-state index in [9.17, 15) is 9.59 Å². The predicted octanol–water partition coefficient (Wildman–Crippen LogP) is 3.50. The van der Waals surface area contributed by atoms with Gasteiger partial charge in [-0.25, -0.2) is 4.79 Å². The van der Waals surface area contributed by atoms with Crippen molar-refractivity contribution in [2.45, 2.75) is 85.3 Å². The van der Waals surface area contributed by atoms with Gasteiger partial charge < -0.3 is 25.6 Å². The van der Waals surface area contributed by atoms with Crippen molar-refractivity contribution >= 4 is 41.9 Å². The van der Waals surface area contributed by atoms with Gasteiger partial charge in [0.05, 0.1) is 12.6 Å². The standard InChI is InChI=1S/C22H43N5O3.HI/c1-7-23-20(24-13-11-15-27-14-10-8-9-12-19(27)28)25-16-18(17(2)3)26-21(29)30-22(4,5)6;/h17-18H,7-16H2,1-6H3,(H,26,29)(H2,23,24,25);1H. The van der Waals surface area contributed by atoms with Gasteiger partial charge in [0.2, 0.25) is 5.91 Å². The molecule has 8 nitrogen and oxygen atoms in total. The smallest absolute Gasteiger partial charge is 0.407 e. The van der Waals surface area contributed by atoms with E-state index in [2.05, 4.69) is 34.8 Å². The summed E-state index contributed by atoms with van der Waals surface area (Å²) in [5.74, 6) is 1.22. The van der Waals surface area contributed by atoms with Crippen LogP contribution in [0.2, 0.25) is 0 Å². The molecule has 0 radical (unpaired) electrons. The maximum atomic E-state index is 12.1. The molecule has 0 saturated carbocycles. The van der Waals surface area contributed by atoms with Crippen molar-refractivity contribution in [2.75, 3.05) is 32.7 Å². The Kier molecular flexibility index (Phi) is 14.9. The Morgan fingerprint density at radius 3 is 2.52 bits per heavy atom. The highest BCUT2D eigenvalue weighted by Gasteiger charge is 2.21. The van der Waals surface area contributed by atoms with E-state index in [4.69, 9.17) is 4.74 Å². The molecule has 0 aromatic rings. The molecular formula is C22H44IN5O3. The zero-order valence-corrected chi connectivity index (χ0v) is 22.6. The second-order valence-electron chi connectivity index (χ2n) is 9.19. The van der Waals surface area contributed by atoms with Crippen molar-refractivity contribution in [2.24, 2.45) is 10.9 Å². The fourth-order valence-corrected chi connectivity index (χ4v) is 3.17. The zero-order chi connectivity index (χ0) is 22.6. The van der Waals surface area contributed by atoms with Gasteiger partial charge in [-0.1, -0.05) is 20.3 Å². The largest absolute Gasteiger partial charge is 0.444 e. The van der Waals surface area contributed by atoms with Crippen LogP contribution in [-0.4, -0.2) is 67.2 Å². The summed E-state index contributed by atoms with van der Waals surface area (Å²) in [6.07, 6.45) is 4.39. The number of carbonyl (C=O) groups is 2. The first kappa shape index (κ1) is 29.7. The maximum Gasteiger partial charge on any atom is 0.407 e.